The number of rotatable bonds is 8. The van der Waals surface area contributed by atoms with E-state index in [0.29, 0.717) is 25.3 Å². The van der Waals surface area contributed by atoms with Crippen molar-refractivity contribution in [2.45, 2.75) is 30.2 Å². The third kappa shape index (κ3) is 5.14. The zero-order chi connectivity index (χ0) is 19.4. The highest BCUT2D eigenvalue weighted by atomic mass is 79.9. The van der Waals surface area contributed by atoms with Crippen LogP contribution in [0.25, 0.3) is 0 Å². The van der Waals surface area contributed by atoms with E-state index in [2.05, 4.69) is 20.9 Å². The van der Waals surface area contributed by atoms with Crippen LogP contribution >= 0.6 is 15.9 Å². The molecule has 1 aliphatic heterocycles. The number of aryl methyl sites for hydroxylation is 1. The monoisotopic (exact) mass is 460 g/mol. The molecular weight excluding hydrogens is 438 g/mol. The van der Waals surface area contributed by atoms with Crippen LogP contribution in [0.3, 0.4) is 0 Å². The molecule has 9 heteroatoms. The molecule has 2 heterocycles. The Labute approximate surface area is 168 Å². The maximum absolute atomic E-state index is 13.5. The Balaban J connectivity index is 1.62. The molecule has 1 aliphatic rings. The van der Waals surface area contributed by atoms with E-state index < -0.39 is 16.6 Å². The van der Waals surface area contributed by atoms with E-state index >= 15 is 0 Å². The molecule has 0 amide bonds. The SMILES string of the molecule is COCCn1ccnc1CCS(=N)c1ccc(N2CCC(F)(F)C2)c(Br)c1. The van der Waals surface area contributed by atoms with E-state index in [0.717, 1.165) is 27.4 Å². The molecule has 1 unspecified atom stereocenters. The molecule has 3 rings (SSSR count). The molecule has 148 valence electrons. The third-order valence-electron chi connectivity index (χ3n) is 4.58. The molecule has 1 aromatic carbocycles. The highest BCUT2D eigenvalue weighted by Gasteiger charge is 2.38. The van der Waals surface area contributed by atoms with Gasteiger partial charge in [-0.15, -0.1) is 0 Å². The van der Waals surface area contributed by atoms with Gasteiger partial charge in [-0.2, -0.15) is 0 Å². The molecule has 0 aliphatic carbocycles. The molecule has 1 atom stereocenters. The molecule has 1 N–H and O–H groups in total. The number of halogens is 3. The number of ether oxygens (including phenoxy) is 1. The first-order chi connectivity index (χ1) is 12.9. The standard InChI is InChI=1S/C18H23BrF2N4OS/c1-26-10-9-24-8-6-23-17(24)4-11-27(22)14-2-3-16(15(19)12-14)25-7-5-18(20,21)13-25/h2-3,6,8,12,22H,4-5,7,9-11,13H2,1H3. The van der Waals surface area contributed by atoms with Crippen LogP contribution in [0.4, 0.5) is 14.5 Å². The summed E-state index contributed by atoms with van der Waals surface area (Å²) in [7, 11) is 0.971. The number of methoxy groups -OCH3 is 1. The van der Waals surface area contributed by atoms with Gasteiger partial charge in [-0.25, -0.2) is 13.8 Å². The minimum absolute atomic E-state index is 0.111. The molecule has 1 aromatic heterocycles. The van der Waals surface area contributed by atoms with Gasteiger partial charge in [0.15, 0.2) is 0 Å². The maximum Gasteiger partial charge on any atom is 0.266 e. The molecule has 0 spiro atoms. The van der Waals surface area contributed by atoms with Gasteiger partial charge in [-0.3, -0.25) is 4.78 Å². The summed E-state index contributed by atoms with van der Waals surface area (Å²) >= 11 is 3.50. The van der Waals surface area contributed by atoms with Crippen molar-refractivity contribution in [1.29, 1.82) is 4.78 Å². The number of hydrogen-bond acceptors (Lipinski definition) is 4. The summed E-state index contributed by atoms with van der Waals surface area (Å²) in [5, 5.41) is 0. The van der Waals surface area contributed by atoms with Crippen molar-refractivity contribution in [2.75, 3.05) is 37.5 Å². The van der Waals surface area contributed by atoms with Crippen molar-refractivity contribution >= 4 is 32.3 Å². The van der Waals surface area contributed by atoms with Crippen LogP contribution in [0.5, 0.6) is 0 Å². The highest BCUT2D eigenvalue weighted by molar-refractivity contribution is 9.10. The van der Waals surface area contributed by atoms with Crippen LogP contribution in [-0.2, 0) is 28.4 Å². The summed E-state index contributed by atoms with van der Waals surface area (Å²) in [6.07, 6.45) is 4.29. The quantitative estimate of drug-likeness (QED) is 0.644. The first kappa shape index (κ1) is 20.4. The van der Waals surface area contributed by atoms with Crippen molar-refractivity contribution < 1.29 is 13.5 Å². The molecule has 1 fully saturated rings. The third-order valence-corrected chi connectivity index (χ3v) is 6.65. The lowest BCUT2D eigenvalue weighted by atomic mass is 10.3. The van der Waals surface area contributed by atoms with E-state index in [4.69, 9.17) is 9.52 Å². The molecule has 27 heavy (non-hydrogen) atoms. The topological polar surface area (TPSA) is 54.1 Å². The second kappa shape index (κ2) is 8.79. The molecular formula is C18H23BrF2N4OS. The maximum atomic E-state index is 13.5. The van der Waals surface area contributed by atoms with Crippen LogP contribution in [0.1, 0.15) is 12.2 Å². The Hall–Kier alpha value is -1.32. The number of nitrogens with zero attached hydrogens (tertiary/aromatic N) is 3. The van der Waals surface area contributed by atoms with Crippen molar-refractivity contribution in [3.8, 4) is 0 Å². The Morgan fingerprint density at radius 2 is 2.22 bits per heavy atom. The van der Waals surface area contributed by atoms with E-state index in [1.807, 2.05) is 29.0 Å². The normalized spacial score (nSPS) is 17.4. The van der Waals surface area contributed by atoms with Crippen LogP contribution in [0.2, 0.25) is 0 Å². The Morgan fingerprint density at radius 1 is 1.41 bits per heavy atom. The highest BCUT2D eigenvalue weighted by Crippen LogP contribution is 2.35. The predicted molar refractivity (Wildman–Crippen MR) is 107 cm³/mol. The van der Waals surface area contributed by atoms with Crippen molar-refractivity contribution in [3.05, 3.63) is 40.9 Å². The first-order valence-electron chi connectivity index (χ1n) is 8.73. The zero-order valence-electron chi connectivity index (χ0n) is 15.1. The van der Waals surface area contributed by atoms with Crippen LogP contribution in [-0.4, -0.2) is 48.0 Å². The van der Waals surface area contributed by atoms with E-state index in [9.17, 15) is 8.78 Å². The number of benzene rings is 1. The average Bonchev–Trinajstić information content (AvgIpc) is 3.23. The predicted octanol–water partition coefficient (Wildman–Crippen LogP) is 4.12. The van der Waals surface area contributed by atoms with E-state index in [1.165, 1.54) is 0 Å². The largest absolute Gasteiger partial charge is 0.383 e. The second-order valence-corrected chi connectivity index (χ2v) is 9.03. The fourth-order valence-electron chi connectivity index (χ4n) is 3.11. The van der Waals surface area contributed by atoms with Crippen LogP contribution in [0, 0.1) is 4.78 Å². The van der Waals surface area contributed by atoms with Gasteiger partial charge >= 0.3 is 0 Å². The minimum atomic E-state index is -2.62. The smallest absolute Gasteiger partial charge is 0.266 e. The van der Waals surface area contributed by atoms with Crippen molar-refractivity contribution in [2.24, 2.45) is 0 Å². The van der Waals surface area contributed by atoms with Gasteiger partial charge in [0.25, 0.3) is 5.92 Å². The molecule has 0 bridgehead atoms. The van der Waals surface area contributed by atoms with Gasteiger partial charge in [0.1, 0.15) is 5.82 Å². The number of hydrogen-bond donors (Lipinski definition) is 1. The lowest BCUT2D eigenvalue weighted by Crippen LogP contribution is -2.25. The average molecular weight is 461 g/mol. The van der Waals surface area contributed by atoms with Crippen molar-refractivity contribution in [1.82, 2.24) is 9.55 Å². The second-order valence-electron chi connectivity index (χ2n) is 6.52. The Bertz CT molecular complexity index is 814. The van der Waals surface area contributed by atoms with Gasteiger partial charge in [0, 0.05) is 60.6 Å². The Kier molecular flexibility index (Phi) is 6.65. The molecule has 0 saturated carbocycles. The fourth-order valence-corrected chi connectivity index (χ4v) is 5.01. The molecule has 5 nitrogen and oxygen atoms in total. The number of aromatic nitrogens is 2. The minimum Gasteiger partial charge on any atom is -0.383 e. The van der Waals surface area contributed by atoms with Gasteiger partial charge in [-0.1, -0.05) is 10.7 Å². The summed E-state index contributed by atoms with van der Waals surface area (Å²) in [6.45, 7) is 1.47. The van der Waals surface area contributed by atoms with Gasteiger partial charge in [-0.05, 0) is 34.1 Å². The number of imidazole rings is 1. The van der Waals surface area contributed by atoms with Gasteiger partial charge < -0.3 is 14.2 Å². The summed E-state index contributed by atoms with van der Waals surface area (Å²) in [5.41, 5.74) is 0.767. The fraction of sp³-hybridized carbons (Fsp3) is 0.500. The Morgan fingerprint density at radius 3 is 2.89 bits per heavy atom. The summed E-state index contributed by atoms with van der Waals surface area (Å²) in [6, 6.07) is 5.61. The number of alkyl halides is 2. The lowest BCUT2D eigenvalue weighted by molar-refractivity contribution is 0.0257. The number of nitrogens with one attached hydrogen (secondary N) is 1. The molecule has 2 aromatic rings. The van der Waals surface area contributed by atoms with Crippen LogP contribution in [0.15, 0.2) is 40.0 Å². The first-order valence-corrected chi connectivity index (χ1v) is 10.9. The van der Waals surface area contributed by atoms with E-state index in [-0.39, 0.29) is 13.0 Å². The van der Waals surface area contributed by atoms with Crippen molar-refractivity contribution in [3.63, 3.8) is 0 Å². The summed E-state index contributed by atoms with van der Waals surface area (Å²) in [4.78, 5) is 6.97. The molecule has 1 saturated heterocycles. The number of anilines is 1. The summed E-state index contributed by atoms with van der Waals surface area (Å²) < 4.78 is 43.3. The zero-order valence-corrected chi connectivity index (χ0v) is 17.5. The lowest BCUT2D eigenvalue weighted by Gasteiger charge is -2.20. The van der Waals surface area contributed by atoms with Gasteiger partial charge in [0.2, 0.25) is 0 Å². The van der Waals surface area contributed by atoms with E-state index in [1.54, 1.807) is 18.2 Å². The van der Waals surface area contributed by atoms with Crippen LogP contribution < -0.4 is 4.90 Å². The summed E-state index contributed by atoms with van der Waals surface area (Å²) in [5.74, 6) is -1.01. The molecule has 0 radical (unpaired) electrons. The van der Waals surface area contributed by atoms with Gasteiger partial charge in [0.05, 0.1) is 18.8 Å².